The average molecular weight is 222 g/mol. The van der Waals surface area contributed by atoms with E-state index in [-0.39, 0.29) is 17.6 Å². The monoisotopic (exact) mass is 222 g/mol. The zero-order valence-electron chi connectivity index (χ0n) is 8.70. The third kappa shape index (κ3) is 1.88. The number of amides is 1. The van der Waals surface area contributed by atoms with Crippen LogP contribution in [0.2, 0.25) is 0 Å². The van der Waals surface area contributed by atoms with Crippen LogP contribution in [0.5, 0.6) is 5.75 Å². The number of benzene rings is 1. The summed E-state index contributed by atoms with van der Waals surface area (Å²) in [7, 11) is 0. The highest BCUT2D eigenvalue weighted by Gasteiger charge is 2.23. The lowest BCUT2D eigenvalue weighted by atomic mass is 9.94. The molecule has 16 heavy (non-hydrogen) atoms. The van der Waals surface area contributed by atoms with Crippen molar-refractivity contribution in [1.82, 2.24) is 5.43 Å². The quantitative estimate of drug-likeness (QED) is 0.754. The molecule has 1 heterocycles. The van der Waals surface area contributed by atoms with Crippen LogP contribution in [0.25, 0.3) is 0 Å². The maximum Gasteiger partial charge on any atom is 0.240 e. The molecule has 1 aliphatic rings. The van der Waals surface area contributed by atoms with Gasteiger partial charge in [-0.25, -0.2) is 9.82 Å². The highest BCUT2D eigenvalue weighted by molar-refractivity contribution is 6.05. The number of rotatable bonds is 1. The molecule has 1 amide bonds. The van der Waals surface area contributed by atoms with Gasteiger partial charge in [0.15, 0.2) is 0 Å². The summed E-state index contributed by atoms with van der Waals surface area (Å²) in [5.41, 5.74) is 3.13. The van der Waals surface area contributed by atoms with Gasteiger partial charge < -0.3 is 5.11 Å². The van der Waals surface area contributed by atoms with Crippen molar-refractivity contribution in [2.45, 2.75) is 13.3 Å². The average Bonchev–Trinajstić information content (AvgIpc) is 2.19. The molecule has 0 saturated carbocycles. The molecule has 1 atom stereocenters. The van der Waals surface area contributed by atoms with E-state index in [2.05, 4.69) is 10.5 Å². The first-order valence-electron chi connectivity index (χ1n) is 4.93. The third-order valence-electron chi connectivity index (χ3n) is 2.49. The third-order valence-corrected chi connectivity index (χ3v) is 2.49. The van der Waals surface area contributed by atoms with Crippen LogP contribution in [0.4, 0.5) is 4.39 Å². The molecule has 0 saturated heterocycles. The Balaban J connectivity index is 2.40. The molecule has 4 nitrogen and oxygen atoms in total. The summed E-state index contributed by atoms with van der Waals surface area (Å²) in [5.74, 6) is -0.973. The summed E-state index contributed by atoms with van der Waals surface area (Å²) in [4.78, 5) is 11.0. The Labute approximate surface area is 91.8 Å². The fourth-order valence-corrected chi connectivity index (χ4v) is 1.69. The first-order valence-corrected chi connectivity index (χ1v) is 4.93. The second-order valence-corrected chi connectivity index (χ2v) is 3.80. The van der Waals surface area contributed by atoms with Gasteiger partial charge in [-0.3, -0.25) is 4.79 Å². The Hall–Kier alpha value is -1.91. The van der Waals surface area contributed by atoms with Crippen LogP contribution in [-0.2, 0) is 4.79 Å². The number of carbonyl (C=O) groups excluding carboxylic acids is 1. The van der Waals surface area contributed by atoms with Crippen molar-refractivity contribution in [2.24, 2.45) is 11.0 Å². The number of hydrazone groups is 1. The highest BCUT2D eigenvalue weighted by Crippen LogP contribution is 2.21. The van der Waals surface area contributed by atoms with E-state index in [9.17, 15) is 9.18 Å². The zero-order valence-corrected chi connectivity index (χ0v) is 8.70. The summed E-state index contributed by atoms with van der Waals surface area (Å²) < 4.78 is 13.6. The van der Waals surface area contributed by atoms with Gasteiger partial charge in [-0.2, -0.15) is 5.10 Å². The molecule has 2 N–H and O–H groups in total. The number of aromatic hydroxyl groups is 1. The molecule has 0 aliphatic carbocycles. The smallest absolute Gasteiger partial charge is 0.240 e. The Morgan fingerprint density at radius 2 is 2.31 bits per heavy atom. The molecule has 0 radical (unpaired) electrons. The van der Waals surface area contributed by atoms with E-state index in [1.807, 2.05) is 6.92 Å². The van der Waals surface area contributed by atoms with Crippen molar-refractivity contribution in [2.75, 3.05) is 0 Å². The van der Waals surface area contributed by atoms with Crippen molar-refractivity contribution >= 4 is 11.6 Å². The van der Waals surface area contributed by atoms with E-state index in [1.165, 1.54) is 12.1 Å². The second-order valence-electron chi connectivity index (χ2n) is 3.80. The molecule has 1 aliphatic heterocycles. The maximum absolute atomic E-state index is 13.6. The topological polar surface area (TPSA) is 61.7 Å². The van der Waals surface area contributed by atoms with Gasteiger partial charge >= 0.3 is 0 Å². The molecule has 1 aromatic rings. The number of phenolic OH excluding ortho intramolecular Hbond substituents is 1. The Morgan fingerprint density at radius 1 is 1.56 bits per heavy atom. The molecule has 5 heteroatoms. The van der Waals surface area contributed by atoms with Gasteiger partial charge in [-0.05, 0) is 12.1 Å². The number of hydrogen-bond acceptors (Lipinski definition) is 3. The lowest BCUT2D eigenvalue weighted by molar-refractivity contribution is -0.121. The van der Waals surface area contributed by atoms with Crippen molar-refractivity contribution in [3.05, 3.63) is 29.6 Å². The summed E-state index contributed by atoms with van der Waals surface area (Å²) in [6.07, 6.45) is 0.291. The lowest BCUT2D eigenvalue weighted by Gasteiger charge is -2.19. The predicted molar refractivity (Wildman–Crippen MR) is 56.5 cm³/mol. The van der Waals surface area contributed by atoms with Crippen LogP contribution in [0, 0.1) is 11.7 Å². The Bertz CT molecular complexity index is 471. The molecular weight excluding hydrogens is 211 g/mol. The van der Waals surface area contributed by atoms with Crippen molar-refractivity contribution in [3.8, 4) is 5.75 Å². The van der Waals surface area contributed by atoms with Gasteiger partial charge in [0.2, 0.25) is 5.91 Å². The van der Waals surface area contributed by atoms with Gasteiger partial charge in [0, 0.05) is 24.0 Å². The van der Waals surface area contributed by atoms with Crippen molar-refractivity contribution in [3.63, 3.8) is 0 Å². The highest BCUT2D eigenvalue weighted by atomic mass is 19.1. The van der Waals surface area contributed by atoms with Crippen LogP contribution in [0.3, 0.4) is 0 Å². The summed E-state index contributed by atoms with van der Waals surface area (Å²) >= 11 is 0. The second kappa shape index (κ2) is 3.92. The number of hydrogen-bond donors (Lipinski definition) is 2. The summed E-state index contributed by atoms with van der Waals surface area (Å²) in [6, 6.07) is 3.88. The molecule has 0 spiro atoms. The zero-order chi connectivity index (χ0) is 11.7. The first-order chi connectivity index (χ1) is 7.58. The largest absolute Gasteiger partial charge is 0.508 e. The van der Waals surface area contributed by atoms with E-state index < -0.39 is 5.82 Å². The van der Waals surface area contributed by atoms with Crippen LogP contribution < -0.4 is 5.43 Å². The van der Waals surface area contributed by atoms with E-state index in [1.54, 1.807) is 0 Å². The van der Waals surface area contributed by atoms with Gasteiger partial charge in [-0.1, -0.05) is 6.92 Å². The van der Waals surface area contributed by atoms with Crippen LogP contribution in [0.1, 0.15) is 18.9 Å². The van der Waals surface area contributed by atoms with Crippen LogP contribution in [0.15, 0.2) is 23.3 Å². The number of halogens is 1. The summed E-state index contributed by atoms with van der Waals surface area (Å²) in [5, 5.41) is 12.9. The van der Waals surface area contributed by atoms with Gasteiger partial charge in [-0.15, -0.1) is 0 Å². The standard InChI is InChI=1S/C11H11FN2O2/c1-6-4-10(16)13-14-11(6)8-3-2-7(15)5-9(8)12/h2-3,5-6,15H,4H2,1H3,(H,13,16). The van der Waals surface area contributed by atoms with E-state index >= 15 is 0 Å². The van der Waals surface area contributed by atoms with Crippen molar-refractivity contribution in [1.29, 1.82) is 0 Å². The molecule has 0 fully saturated rings. The molecule has 1 aromatic carbocycles. The number of nitrogens with one attached hydrogen (secondary N) is 1. The van der Waals surface area contributed by atoms with E-state index in [0.717, 1.165) is 6.07 Å². The minimum absolute atomic E-state index is 0.130. The summed E-state index contributed by atoms with van der Waals surface area (Å²) in [6.45, 7) is 1.81. The minimum atomic E-state index is -0.540. The van der Waals surface area contributed by atoms with Crippen molar-refractivity contribution < 1.29 is 14.3 Å². The molecule has 2 rings (SSSR count). The Morgan fingerprint density at radius 3 is 2.94 bits per heavy atom. The van der Waals surface area contributed by atoms with Crippen LogP contribution >= 0.6 is 0 Å². The van der Waals surface area contributed by atoms with E-state index in [4.69, 9.17) is 5.11 Å². The first kappa shape index (κ1) is 10.6. The molecular formula is C11H11FN2O2. The number of phenols is 1. The molecule has 1 unspecified atom stereocenters. The van der Waals surface area contributed by atoms with Gasteiger partial charge in [0.05, 0.1) is 5.71 Å². The molecule has 0 aromatic heterocycles. The van der Waals surface area contributed by atoms with E-state index in [0.29, 0.717) is 17.7 Å². The minimum Gasteiger partial charge on any atom is -0.508 e. The molecule has 0 bridgehead atoms. The normalized spacial score (nSPS) is 20.2. The number of nitrogens with zero attached hydrogens (tertiary/aromatic N) is 1. The maximum atomic E-state index is 13.6. The fourth-order valence-electron chi connectivity index (χ4n) is 1.69. The predicted octanol–water partition coefficient (Wildman–Crippen LogP) is 1.39. The number of carbonyl (C=O) groups is 1. The molecule has 84 valence electrons. The van der Waals surface area contributed by atoms with Gasteiger partial charge in [0.25, 0.3) is 0 Å². The lowest BCUT2D eigenvalue weighted by Crippen LogP contribution is -2.32. The SMILES string of the molecule is CC1CC(=O)NN=C1c1ccc(O)cc1F. The van der Waals surface area contributed by atoms with Gasteiger partial charge in [0.1, 0.15) is 11.6 Å². The Kier molecular flexibility index (Phi) is 2.60. The fraction of sp³-hybridized carbons (Fsp3) is 0.273. The van der Waals surface area contributed by atoms with Crippen LogP contribution in [-0.4, -0.2) is 16.7 Å².